The molecule has 2 aliphatic rings. The lowest BCUT2D eigenvalue weighted by Gasteiger charge is -2.30. The van der Waals surface area contributed by atoms with Gasteiger partial charge in [0.05, 0.1) is 11.3 Å². The third-order valence-corrected chi connectivity index (χ3v) is 4.13. The zero-order valence-electron chi connectivity index (χ0n) is 11.4. The maximum absolute atomic E-state index is 12.4. The van der Waals surface area contributed by atoms with Crippen LogP contribution in [0.4, 0.5) is 0 Å². The lowest BCUT2D eigenvalue weighted by molar-refractivity contribution is 0.0918. The van der Waals surface area contributed by atoms with Gasteiger partial charge in [-0.3, -0.25) is 9.78 Å². The zero-order valence-corrected chi connectivity index (χ0v) is 11.4. The first-order chi connectivity index (χ1) is 9.25. The van der Waals surface area contributed by atoms with E-state index in [-0.39, 0.29) is 11.9 Å². The highest BCUT2D eigenvalue weighted by atomic mass is 16.1. The van der Waals surface area contributed by atoms with Gasteiger partial charge in [0.1, 0.15) is 0 Å². The van der Waals surface area contributed by atoms with Gasteiger partial charge in [0.25, 0.3) is 5.91 Å². The number of hydrogen-bond acceptors (Lipinski definition) is 3. The van der Waals surface area contributed by atoms with Crippen molar-refractivity contribution in [2.45, 2.75) is 50.6 Å². The fourth-order valence-corrected chi connectivity index (χ4v) is 2.78. The molecule has 0 unspecified atom stereocenters. The van der Waals surface area contributed by atoms with E-state index in [1.54, 1.807) is 6.20 Å². The third-order valence-electron chi connectivity index (χ3n) is 4.13. The SMILES string of the molecule is C[C@@H]1NCCC[C@@H]1NC(=O)c1cccnc1C1CC1. The molecular formula is C15H21N3O. The lowest BCUT2D eigenvalue weighted by atomic mass is 9.99. The van der Waals surface area contributed by atoms with Gasteiger partial charge in [-0.15, -0.1) is 0 Å². The van der Waals surface area contributed by atoms with Gasteiger partial charge in [-0.2, -0.15) is 0 Å². The number of rotatable bonds is 3. The van der Waals surface area contributed by atoms with E-state index >= 15 is 0 Å². The number of amides is 1. The molecular weight excluding hydrogens is 238 g/mol. The van der Waals surface area contributed by atoms with Gasteiger partial charge in [-0.25, -0.2) is 0 Å². The number of aromatic nitrogens is 1. The zero-order chi connectivity index (χ0) is 13.2. The van der Waals surface area contributed by atoms with Gasteiger partial charge >= 0.3 is 0 Å². The second kappa shape index (κ2) is 5.29. The van der Waals surface area contributed by atoms with Crippen molar-refractivity contribution in [2.75, 3.05) is 6.54 Å². The van der Waals surface area contributed by atoms with Crippen molar-refractivity contribution in [3.8, 4) is 0 Å². The Bertz CT molecular complexity index is 470. The van der Waals surface area contributed by atoms with E-state index < -0.39 is 0 Å². The highest BCUT2D eigenvalue weighted by molar-refractivity contribution is 5.95. The van der Waals surface area contributed by atoms with Gasteiger partial charge < -0.3 is 10.6 Å². The Kier molecular flexibility index (Phi) is 3.51. The largest absolute Gasteiger partial charge is 0.348 e. The molecule has 1 saturated carbocycles. The Morgan fingerprint density at radius 3 is 3.00 bits per heavy atom. The van der Waals surface area contributed by atoms with E-state index in [9.17, 15) is 4.79 Å². The maximum atomic E-state index is 12.4. The van der Waals surface area contributed by atoms with Gasteiger partial charge in [0.15, 0.2) is 0 Å². The summed E-state index contributed by atoms with van der Waals surface area (Å²) in [6.07, 6.45) is 6.29. The summed E-state index contributed by atoms with van der Waals surface area (Å²) in [6, 6.07) is 4.33. The Balaban J connectivity index is 1.73. The molecule has 2 heterocycles. The summed E-state index contributed by atoms with van der Waals surface area (Å²) in [4.78, 5) is 16.8. The van der Waals surface area contributed by atoms with Crippen molar-refractivity contribution in [3.05, 3.63) is 29.6 Å². The highest BCUT2D eigenvalue weighted by Gasteiger charge is 2.30. The maximum Gasteiger partial charge on any atom is 0.253 e. The van der Waals surface area contributed by atoms with E-state index in [0.717, 1.165) is 30.6 Å². The van der Waals surface area contributed by atoms with Crippen LogP contribution in [0.1, 0.15) is 54.6 Å². The smallest absolute Gasteiger partial charge is 0.253 e. The molecule has 19 heavy (non-hydrogen) atoms. The van der Waals surface area contributed by atoms with Crippen LogP contribution in [0.5, 0.6) is 0 Å². The van der Waals surface area contributed by atoms with E-state index in [1.807, 2.05) is 12.1 Å². The summed E-state index contributed by atoms with van der Waals surface area (Å²) in [5.74, 6) is 0.541. The van der Waals surface area contributed by atoms with Crippen LogP contribution in [0, 0.1) is 0 Å². The van der Waals surface area contributed by atoms with Crippen molar-refractivity contribution in [2.24, 2.45) is 0 Å². The van der Waals surface area contributed by atoms with Crippen LogP contribution >= 0.6 is 0 Å². The van der Waals surface area contributed by atoms with Gasteiger partial charge in [-0.05, 0) is 51.3 Å². The summed E-state index contributed by atoms with van der Waals surface area (Å²) in [6.45, 7) is 3.18. The Hall–Kier alpha value is -1.42. The molecule has 0 radical (unpaired) electrons. The summed E-state index contributed by atoms with van der Waals surface area (Å²) in [5, 5.41) is 6.57. The van der Waals surface area contributed by atoms with Crippen LogP contribution in [-0.4, -0.2) is 29.5 Å². The first-order valence-corrected chi connectivity index (χ1v) is 7.25. The molecule has 1 aliphatic carbocycles. The summed E-state index contributed by atoms with van der Waals surface area (Å²) < 4.78 is 0. The Morgan fingerprint density at radius 2 is 2.26 bits per heavy atom. The number of nitrogens with one attached hydrogen (secondary N) is 2. The molecule has 1 saturated heterocycles. The highest BCUT2D eigenvalue weighted by Crippen LogP contribution is 2.40. The second-order valence-corrected chi connectivity index (χ2v) is 5.68. The number of carbonyl (C=O) groups excluding carboxylic acids is 1. The van der Waals surface area contributed by atoms with E-state index in [0.29, 0.717) is 12.0 Å². The van der Waals surface area contributed by atoms with Crippen molar-refractivity contribution in [3.63, 3.8) is 0 Å². The molecule has 2 atom stereocenters. The second-order valence-electron chi connectivity index (χ2n) is 5.68. The van der Waals surface area contributed by atoms with Crippen LogP contribution in [0.3, 0.4) is 0 Å². The normalized spacial score (nSPS) is 27.0. The molecule has 4 nitrogen and oxygen atoms in total. The molecule has 0 spiro atoms. The molecule has 1 aromatic heterocycles. The predicted octanol–water partition coefficient (Wildman–Crippen LogP) is 1.83. The molecule has 102 valence electrons. The molecule has 0 bridgehead atoms. The number of piperidine rings is 1. The molecule has 4 heteroatoms. The standard InChI is InChI=1S/C15H21N3O/c1-10-13(5-3-8-16-10)18-15(19)12-4-2-9-17-14(12)11-6-7-11/h2,4,9-11,13,16H,3,5-8H2,1H3,(H,18,19)/t10-,13-/m0/s1. The van der Waals surface area contributed by atoms with E-state index in [1.165, 1.54) is 12.8 Å². The fraction of sp³-hybridized carbons (Fsp3) is 0.600. The van der Waals surface area contributed by atoms with Crippen LogP contribution in [0.25, 0.3) is 0 Å². The molecule has 0 aromatic carbocycles. The van der Waals surface area contributed by atoms with Crippen molar-refractivity contribution >= 4 is 5.91 Å². The van der Waals surface area contributed by atoms with Crippen molar-refractivity contribution in [1.29, 1.82) is 0 Å². The first-order valence-electron chi connectivity index (χ1n) is 7.25. The van der Waals surface area contributed by atoms with Gasteiger partial charge in [0, 0.05) is 24.2 Å². The Morgan fingerprint density at radius 1 is 1.42 bits per heavy atom. The summed E-state index contributed by atoms with van der Waals surface area (Å²) in [7, 11) is 0. The third kappa shape index (κ3) is 2.78. The average molecular weight is 259 g/mol. The number of pyridine rings is 1. The molecule has 1 amide bonds. The minimum absolute atomic E-state index is 0.0375. The van der Waals surface area contributed by atoms with Crippen LogP contribution < -0.4 is 10.6 Å². The lowest BCUT2D eigenvalue weighted by Crippen LogP contribution is -2.52. The summed E-state index contributed by atoms with van der Waals surface area (Å²) >= 11 is 0. The first kappa shape index (κ1) is 12.6. The monoisotopic (exact) mass is 259 g/mol. The molecule has 1 aromatic rings. The summed E-state index contributed by atoms with van der Waals surface area (Å²) in [5.41, 5.74) is 1.75. The Labute approximate surface area is 114 Å². The molecule has 2 N–H and O–H groups in total. The number of nitrogens with zero attached hydrogens (tertiary/aromatic N) is 1. The fourth-order valence-electron chi connectivity index (χ4n) is 2.78. The van der Waals surface area contributed by atoms with E-state index in [2.05, 4.69) is 22.5 Å². The predicted molar refractivity (Wildman–Crippen MR) is 74.2 cm³/mol. The number of carbonyl (C=O) groups is 1. The van der Waals surface area contributed by atoms with Crippen LogP contribution in [0.15, 0.2) is 18.3 Å². The molecule has 2 fully saturated rings. The van der Waals surface area contributed by atoms with Crippen LogP contribution in [-0.2, 0) is 0 Å². The van der Waals surface area contributed by atoms with Crippen LogP contribution in [0.2, 0.25) is 0 Å². The van der Waals surface area contributed by atoms with Gasteiger partial charge in [-0.1, -0.05) is 0 Å². The topological polar surface area (TPSA) is 54.0 Å². The minimum Gasteiger partial charge on any atom is -0.348 e. The molecule has 3 rings (SSSR count). The average Bonchev–Trinajstić information content (AvgIpc) is 3.26. The minimum atomic E-state index is 0.0375. The quantitative estimate of drug-likeness (QED) is 0.870. The van der Waals surface area contributed by atoms with Crippen molar-refractivity contribution < 1.29 is 4.79 Å². The van der Waals surface area contributed by atoms with Gasteiger partial charge in [0.2, 0.25) is 0 Å². The number of hydrogen-bond donors (Lipinski definition) is 2. The molecule has 1 aliphatic heterocycles. The van der Waals surface area contributed by atoms with Crippen molar-refractivity contribution in [1.82, 2.24) is 15.6 Å². The van der Waals surface area contributed by atoms with E-state index in [4.69, 9.17) is 0 Å².